The summed E-state index contributed by atoms with van der Waals surface area (Å²) >= 11 is 1.52. The molecule has 3 aromatic carbocycles. The lowest BCUT2D eigenvalue weighted by atomic mass is 10.1. The van der Waals surface area contributed by atoms with Crippen LogP contribution in [0.15, 0.2) is 76.0 Å². The highest BCUT2D eigenvalue weighted by Gasteiger charge is 2.33. The summed E-state index contributed by atoms with van der Waals surface area (Å²) in [6, 6.07) is 18.8. The van der Waals surface area contributed by atoms with Crippen molar-refractivity contribution in [2.24, 2.45) is 0 Å². The zero-order valence-corrected chi connectivity index (χ0v) is 17.9. The largest absolute Gasteiger partial charge is 0.438 e. The van der Waals surface area contributed by atoms with Crippen molar-refractivity contribution >= 4 is 28.8 Å². The van der Waals surface area contributed by atoms with Crippen molar-refractivity contribution in [3.63, 3.8) is 0 Å². The molecular weight excluding hydrogens is 430 g/mol. The highest BCUT2D eigenvalue weighted by Crippen LogP contribution is 2.35. The molecule has 32 heavy (non-hydrogen) atoms. The molecule has 7 heteroatoms. The number of hydrogen-bond acceptors (Lipinski definition) is 4. The third-order valence-corrected chi connectivity index (χ3v) is 6.62. The summed E-state index contributed by atoms with van der Waals surface area (Å²) < 4.78 is 32.9. The lowest BCUT2D eigenvalue weighted by molar-refractivity contribution is -0.129. The summed E-state index contributed by atoms with van der Waals surface area (Å²) in [5, 5.41) is 0. The number of rotatable bonds is 5. The Labute approximate surface area is 188 Å². The lowest BCUT2D eigenvalue weighted by Crippen LogP contribution is -2.32. The molecule has 2 heterocycles. The van der Waals surface area contributed by atoms with Crippen LogP contribution in [-0.4, -0.2) is 28.1 Å². The van der Waals surface area contributed by atoms with Crippen LogP contribution < -0.4 is 0 Å². The van der Waals surface area contributed by atoms with E-state index >= 15 is 0 Å². The maximum absolute atomic E-state index is 13.6. The number of oxazole rings is 1. The Morgan fingerprint density at radius 3 is 2.62 bits per heavy atom. The number of hydrogen-bond donors (Lipinski definition) is 0. The molecule has 0 spiro atoms. The lowest BCUT2D eigenvalue weighted by Gasteiger charge is -2.22. The zero-order chi connectivity index (χ0) is 22.1. The van der Waals surface area contributed by atoms with Gasteiger partial charge in [0, 0.05) is 11.4 Å². The average Bonchev–Trinajstić information content (AvgIpc) is 3.46. The number of nitrogens with zero attached hydrogens (tertiary/aromatic N) is 2. The van der Waals surface area contributed by atoms with Crippen LogP contribution in [0.2, 0.25) is 0 Å². The molecule has 4 aromatic rings. The number of thioether (sulfide) groups is 1. The van der Waals surface area contributed by atoms with E-state index in [0.29, 0.717) is 34.9 Å². The standard InChI is InChI=1S/C25H20F2N2O2S/c26-19-10-8-16(13-20(19)27)17-9-11-23-21(14-17)28-25(31-23)22-7-4-12-29(22)24(30)15-32-18-5-2-1-3-6-18/h1-3,5-6,8-11,13-14,22H,4,7,12,15H2/t22-/m0/s1. The van der Waals surface area contributed by atoms with Crippen LogP contribution in [0.1, 0.15) is 24.8 Å². The second kappa shape index (κ2) is 8.74. The monoisotopic (exact) mass is 450 g/mol. The molecule has 1 fully saturated rings. The summed E-state index contributed by atoms with van der Waals surface area (Å²) in [5.74, 6) is -0.836. The Balaban J connectivity index is 1.36. The third kappa shape index (κ3) is 4.12. The van der Waals surface area contributed by atoms with E-state index in [0.717, 1.165) is 29.4 Å². The van der Waals surface area contributed by atoms with Gasteiger partial charge in [0.15, 0.2) is 17.2 Å². The highest BCUT2D eigenvalue weighted by atomic mass is 32.2. The van der Waals surface area contributed by atoms with Gasteiger partial charge < -0.3 is 9.32 Å². The van der Waals surface area contributed by atoms with Crippen LogP contribution in [0.3, 0.4) is 0 Å². The van der Waals surface area contributed by atoms with E-state index in [1.807, 2.05) is 35.2 Å². The van der Waals surface area contributed by atoms with E-state index in [2.05, 4.69) is 4.98 Å². The smallest absolute Gasteiger partial charge is 0.233 e. The fourth-order valence-corrected chi connectivity index (χ4v) is 4.82. The Kier molecular flexibility index (Phi) is 5.66. The van der Waals surface area contributed by atoms with Gasteiger partial charge in [0.25, 0.3) is 0 Å². The predicted octanol–water partition coefficient (Wildman–Crippen LogP) is 6.23. The summed E-state index contributed by atoms with van der Waals surface area (Å²) in [7, 11) is 0. The number of likely N-dealkylation sites (tertiary alicyclic amines) is 1. The Morgan fingerprint density at radius 1 is 1.03 bits per heavy atom. The molecule has 4 nitrogen and oxygen atoms in total. The quantitative estimate of drug-likeness (QED) is 0.338. The molecule has 1 aliphatic heterocycles. The summed E-state index contributed by atoms with van der Waals surface area (Å²) in [5.41, 5.74) is 2.50. The molecule has 0 N–H and O–H groups in total. The maximum atomic E-state index is 13.6. The first kappa shape index (κ1) is 20.7. The summed E-state index contributed by atoms with van der Waals surface area (Å²) in [6.45, 7) is 0.678. The summed E-state index contributed by atoms with van der Waals surface area (Å²) in [4.78, 5) is 20.4. The van der Waals surface area contributed by atoms with E-state index in [-0.39, 0.29) is 11.9 Å². The van der Waals surface area contributed by atoms with E-state index in [4.69, 9.17) is 4.42 Å². The van der Waals surface area contributed by atoms with E-state index in [1.165, 1.54) is 23.9 Å². The fraction of sp³-hybridized carbons (Fsp3) is 0.200. The van der Waals surface area contributed by atoms with Crippen LogP contribution in [0.4, 0.5) is 8.78 Å². The number of fused-ring (bicyclic) bond motifs is 1. The third-order valence-electron chi connectivity index (χ3n) is 5.62. The van der Waals surface area contributed by atoms with Crippen LogP contribution in [0.25, 0.3) is 22.2 Å². The van der Waals surface area contributed by atoms with Crippen molar-refractivity contribution in [1.29, 1.82) is 0 Å². The maximum Gasteiger partial charge on any atom is 0.233 e. The minimum absolute atomic E-state index is 0.0612. The first-order valence-corrected chi connectivity index (χ1v) is 11.4. The van der Waals surface area contributed by atoms with Crippen molar-refractivity contribution in [1.82, 2.24) is 9.88 Å². The van der Waals surface area contributed by atoms with Gasteiger partial charge in [-0.3, -0.25) is 4.79 Å². The first-order valence-electron chi connectivity index (χ1n) is 10.4. The molecule has 5 rings (SSSR count). The molecule has 162 valence electrons. The molecule has 1 aromatic heterocycles. The molecule has 1 aliphatic rings. The number of carbonyl (C=O) groups excluding carboxylic acids is 1. The van der Waals surface area contributed by atoms with Crippen LogP contribution >= 0.6 is 11.8 Å². The molecule has 1 amide bonds. The van der Waals surface area contributed by atoms with Gasteiger partial charge in [0.1, 0.15) is 11.6 Å². The average molecular weight is 451 g/mol. The first-order chi connectivity index (χ1) is 15.6. The van der Waals surface area contributed by atoms with Gasteiger partial charge >= 0.3 is 0 Å². The number of carbonyl (C=O) groups is 1. The SMILES string of the molecule is O=C(CSc1ccccc1)N1CCC[C@H]1c1nc2cc(-c3ccc(F)c(F)c3)ccc2o1. The van der Waals surface area contributed by atoms with Gasteiger partial charge in [-0.15, -0.1) is 11.8 Å². The molecule has 0 radical (unpaired) electrons. The Bertz CT molecular complexity index is 1280. The van der Waals surface area contributed by atoms with Gasteiger partial charge in [0.05, 0.1) is 5.75 Å². The number of aromatic nitrogens is 1. The van der Waals surface area contributed by atoms with Crippen molar-refractivity contribution in [3.8, 4) is 11.1 Å². The molecule has 0 unspecified atom stereocenters. The van der Waals surface area contributed by atoms with E-state index in [9.17, 15) is 13.6 Å². The normalized spacial score (nSPS) is 16.1. The molecular formula is C25H20F2N2O2S. The van der Waals surface area contributed by atoms with Crippen molar-refractivity contribution < 1.29 is 18.0 Å². The van der Waals surface area contributed by atoms with Gasteiger partial charge in [0.2, 0.25) is 11.8 Å². The van der Waals surface area contributed by atoms with Crippen molar-refractivity contribution in [3.05, 3.63) is 84.3 Å². The van der Waals surface area contributed by atoms with Gasteiger partial charge in [-0.1, -0.05) is 30.3 Å². The molecule has 0 aliphatic carbocycles. The molecule has 0 saturated carbocycles. The van der Waals surface area contributed by atoms with Crippen molar-refractivity contribution in [2.45, 2.75) is 23.8 Å². The minimum atomic E-state index is -0.892. The topological polar surface area (TPSA) is 46.3 Å². The Morgan fingerprint density at radius 2 is 1.81 bits per heavy atom. The fourth-order valence-electron chi connectivity index (χ4n) is 4.01. The van der Waals surface area contributed by atoms with Gasteiger partial charge in [-0.05, 0) is 60.4 Å². The van der Waals surface area contributed by atoms with Gasteiger partial charge in [-0.25, -0.2) is 13.8 Å². The summed E-state index contributed by atoms with van der Waals surface area (Å²) in [6.07, 6.45) is 1.69. The molecule has 1 atom stereocenters. The zero-order valence-electron chi connectivity index (χ0n) is 17.1. The van der Waals surface area contributed by atoms with E-state index in [1.54, 1.807) is 18.2 Å². The highest BCUT2D eigenvalue weighted by molar-refractivity contribution is 8.00. The minimum Gasteiger partial charge on any atom is -0.438 e. The van der Waals surface area contributed by atoms with Crippen molar-refractivity contribution in [2.75, 3.05) is 12.3 Å². The molecule has 0 bridgehead atoms. The number of amides is 1. The second-order valence-corrected chi connectivity index (χ2v) is 8.76. The predicted molar refractivity (Wildman–Crippen MR) is 120 cm³/mol. The number of benzene rings is 3. The molecule has 1 saturated heterocycles. The van der Waals surface area contributed by atoms with Crippen LogP contribution in [0, 0.1) is 11.6 Å². The second-order valence-electron chi connectivity index (χ2n) is 7.71. The van der Waals surface area contributed by atoms with Gasteiger partial charge in [-0.2, -0.15) is 0 Å². The van der Waals surface area contributed by atoms with Crippen LogP contribution in [0.5, 0.6) is 0 Å². The van der Waals surface area contributed by atoms with E-state index < -0.39 is 11.6 Å². The Hall–Kier alpha value is -3.19. The number of halogens is 2. The van der Waals surface area contributed by atoms with Crippen LogP contribution in [-0.2, 0) is 4.79 Å².